The number of ether oxygens (including phenoxy) is 1. The highest BCUT2D eigenvalue weighted by molar-refractivity contribution is 7.89. The number of hydrogen-bond donors (Lipinski definition) is 1. The Bertz CT molecular complexity index is 473. The molecule has 3 aliphatic heterocycles. The fraction of sp³-hybridized carbons (Fsp3) is 0.923. The number of rotatable bonds is 4. The Morgan fingerprint density at radius 2 is 2.10 bits per heavy atom. The van der Waals surface area contributed by atoms with Gasteiger partial charge in [0.1, 0.15) is 0 Å². The summed E-state index contributed by atoms with van der Waals surface area (Å²) in [6, 6.07) is -0.204. The highest BCUT2D eigenvalue weighted by atomic mass is 32.2. The molecule has 3 unspecified atom stereocenters. The Balaban J connectivity index is 1.63. The molecule has 0 aromatic heterocycles. The first-order valence-corrected chi connectivity index (χ1v) is 9.11. The van der Waals surface area contributed by atoms with Gasteiger partial charge in [0.25, 0.3) is 0 Å². The minimum absolute atomic E-state index is 0.0183. The van der Waals surface area contributed by atoms with Crippen LogP contribution in [0.1, 0.15) is 38.5 Å². The quantitative estimate of drug-likeness (QED) is 0.807. The number of piperidine rings is 1. The predicted molar refractivity (Wildman–Crippen MR) is 73.7 cm³/mol. The molecular weight excluding hydrogens is 280 g/mol. The molecule has 0 aromatic rings. The number of nitrogens with zero attached hydrogens (tertiary/aromatic N) is 1. The van der Waals surface area contributed by atoms with E-state index < -0.39 is 10.0 Å². The molecule has 114 valence electrons. The van der Waals surface area contributed by atoms with Crippen LogP contribution >= 0.6 is 0 Å². The molecule has 3 fully saturated rings. The Morgan fingerprint density at radius 3 is 2.85 bits per heavy atom. The summed E-state index contributed by atoms with van der Waals surface area (Å²) in [5.74, 6) is 0.101. The number of carbonyl (C=O) groups excluding carboxylic acids is 1. The molecule has 3 heterocycles. The number of carbonyl (C=O) groups is 1. The van der Waals surface area contributed by atoms with Crippen LogP contribution in [0, 0.1) is 0 Å². The van der Waals surface area contributed by atoms with Gasteiger partial charge in [-0.2, -0.15) is 0 Å². The fourth-order valence-corrected chi connectivity index (χ4v) is 5.10. The van der Waals surface area contributed by atoms with Crippen LogP contribution in [0.15, 0.2) is 0 Å². The first kappa shape index (κ1) is 14.3. The summed E-state index contributed by atoms with van der Waals surface area (Å²) < 4.78 is 32.5. The number of nitrogens with one attached hydrogen (secondary N) is 1. The van der Waals surface area contributed by atoms with Crippen LogP contribution in [-0.2, 0) is 19.6 Å². The van der Waals surface area contributed by atoms with Crippen molar-refractivity contribution >= 4 is 15.9 Å². The Morgan fingerprint density at radius 1 is 1.25 bits per heavy atom. The van der Waals surface area contributed by atoms with Crippen LogP contribution < -0.4 is 4.72 Å². The molecule has 3 rings (SSSR count). The lowest BCUT2D eigenvalue weighted by molar-refractivity contribution is -0.129. The van der Waals surface area contributed by atoms with E-state index in [9.17, 15) is 13.2 Å². The molecule has 0 bridgehead atoms. The van der Waals surface area contributed by atoms with Crippen LogP contribution in [0.2, 0.25) is 0 Å². The molecule has 0 aliphatic carbocycles. The second-order valence-corrected chi connectivity index (χ2v) is 7.79. The topological polar surface area (TPSA) is 75.7 Å². The van der Waals surface area contributed by atoms with Gasteiger partial charge in [0.2, 0.25) is 15.9 Å². The summed E-state index contributed by atoms with van der Waals surface area (Å²) in [6.45, 7) is 1.42. The van der Waals surface area contributed by atoms with Gasteiger partial charge in [0.15, 0.2) is 0 Å². The fourth-order valence-electron chi connectivity index (χ4n) is 3.55. The molecule has 1 N–H and O–H groups in total. The van der Waals surface area contributed by atoms with Gasteiger partial charge in [-0.1, -0.05) is 0 Å². The van der Waals surface area contributed by atoms with E-state index in [0.29, 0.717) is 13.0 Å². The van der Waals surface area contributed by atoms with E-state index in [4.69, 9.17) is 4.74 Å². The van der Waals surface area contributed by atoms with E-state index in [1.165, 1.54) is 0 Å². The maximum atomic E-state index is 12.2. The van der Waals surface area contributed by atoms with Gasteiger partial charge in [0.05, 0.1) is 17.9 Å². The smallest absolute Gasteiger partial charge is 0.224 e. The lowest BCUT2D eigenvalue weighted by Crippen LogP contribution is -2.48. The Kier molecular flexibility index (Phi) is 4.01. The van der Waals surface area contributed by atoms with Crippen LogP contribution in [-0.4, -0.2) is 56.3 Å². The summed E-state index contributed by atoms with van der Waals surface area (Å²) in [7, 11) is -3.38. The van der Waals surface area contributed by atoms with Crippen LogP contribution in [0.4, 0.5) is 0 Å². The minimum atomic E-state index is -3.38. The molecule has 0 radical (unpaired) electrons. The Hall–Kier alpha value is -0.660. The lowest BCUT2D eigenvalue weighted by Gasteiger charge is -2.32. The molecule has 0 spiro atoms. The Labute approximate surface area is 119 Å². The SMILES string of the molecule is O=C1CC(NS(=O)(=O)CC2CCCO2)C2CCCCN12. The standard InChI is InChI=1S/C13H22N2O4S/c16-13-8-11(12-5-1-2-6-15(12)13)14-20(17,18)9-10-4-3-7-19-10/h10-12,14H,1-9H2. The molecule has 7 heteroatoms. The van der Waals surface area contributed by atoms with Gasteiger partial charge in [-0.3, -0.25) is 4.79 Å². The number of hydrogen-bond acceptors (Lipinski definition) is 4. The van der Waals surface area contributed by atoms with Gasteiger partial charge in [-0.15, -0.1) is 0 Å². The van der Waals surface area contributed by atoms with Crippen LogP contribution in [0.3, 0.4) is 0 Å². The van der Waals surface area contributed by atoms with Gasteiger partial charge >= 0.3 is 0 Å². The van der Waals surface area contributed by atoms with Crippen LogP contribution in [0.25, 0.3) is 0 Å². The molecule has 0 saturated carbocycles. The molecule has 0 aromatic carbocycles. The zero-order valence-electron chi connectivity index (χ0n) is 11.6. The van der Waals surface area contributed by atoms with Crippen molar-refractivity contribution in [2.45, 2.75) is 56.7 Å². The third-order valence-corrected chi connectivity index (χ3v) is 5.96. The van der Waals surface area contributed by atoms with Crippen molar-refractivity contribution in [3.63, 3.8) is 0 Å². The largest absolute Gasteiger partial charge is 0.377 e. The molecule has 6 nitrogen and oxygen atoms in total. The van der Waals surface area contributed by atoms with Crippen molar-refractivity contribution in [2.24, 2.45) is 0 Å². The molecule has 20 heavy (non-hydrogen) atoms. The third-order valence-electron chi connectivity index (χ3n) is 4.49. The van der Waals surface area contributed by atoms with Gasteiger partial charge in [-0.05, 0) is 32.1 Å². The molecule has 3 saturated heterocycles. The maximum Gasteiger partial charge on any atom is 0.224 e. The van der Waals surface area contributed by atoms with E-state index in [2.05, 4.69) is 4.72 Å². The molecule has 3 atom stereocenters. The van der Waals surface area contributed by atoms with Gasteiger partial charge in [0, 0.05) is 25.6 Å². The van der Waals surface area contributed by atoms with E-state index in [1.54, 1.807) is 0 Å². The average molecular weight is 302 g/mol. The highest BCUT2D eigenvalue weighted by Gasteiger charge is 2.42. The normalized spacial score (nSPS) is 34.5. The van der Waals surface area contributed by atoms with E-state index in [1.807, 2.05) is 4.90 Å². The van der Waals surface area contributed by atoms with Crippen molar-refractivity contribution in [1.82, 2.24) is 9.62 Å². The lowest BCUT2D eigenvalue weighted by atomic mass is 10.00. The zero-order chi connectivity index (χ0) is 14.2. The number of amides is 1. The second kappa shape index (κ2) is 5.61. The summed E-state index contributed by atoms with van der Waals surface area (Å²) >= 11 is 0. The second-order valence-electron chi connectivity index (χ2n) is 6.00. The first-order valence-electron chi connectivity index (χ1n) is 7.46. The molecule has 3 aliphatic rings. The van der Waals surface area contributed by atoms with Crippen molar-refractivity contribution < 1.29 is 17.9 Å². The van der Waals surface area contributed by atoms with E-state index in [-0.39, 0.29) is 29.8 Å². The van der Waals surface area contributed by atoms with Crippen molar-refractivity contribution in [2.75, 3.05) is 18.9 Å². The summed E-state index contributed by atoms with van der Waals surface area (Å²) in [5.41, 5.74) is 0. The summed E-state index contributed by atoms with van der Waals surface area (Å²) in [5, 5.41) is 0. The average Bonchev–Trinajstić information content (AvgIpc) is 2.99. The predicted octanol–water partition coefficient (Wildman–Crippen LogP) is 0.238. The van der Waals surface area contributed by atoms with E-state index in [0.717, 1.165) is 38.6 Å². The maximum absolute atomic E-state index is 12.2. The van der Waals surface area contributed by atoms with Crippen LogP contribution in [0.5, 0.6) is 0 Å². The zero-order valence-corrected chi connectivity index (χ0v) is 12.4. The number of sulfonamides is 1. The van der Waals surface area contributed by atoms with Gasteiger partial charge < -0.3 is 9.64 Å². The third kappa shape index (κ3) is 2.99. The van der Waals surface area contributed by atoms with Crippen molar-refractivity contribution in [3.8, 4) is 0 Å². The summed E-state index contributed by atoms with van der Waals surface area (Å²) in [4.78, 5) is 13.8. The van der Waals surface area contributed by atoms with E-state index >= 15 is 0 Å². The highest BCUT2D eigenvalue weighted by Crippen LogP contribution is 2.28. The van der Waals surface area contributed by atoms with Crippen molar-refractivity contribution in [1.29, 1.82) is 0 Å². The van der Waals surface area contributed by atoms with Gasteiger partial charge in [-0.25, -0.2) is 13.1 Å². The minimum Gasteiger partial charge on any atom is -0.377 e. The molecule has 1 amide bonds. The van der Waals surface area contributed by atoms with Crippen molar-refractivity contribution in [3.05, 3.63) is 0 Å². The monoisotopic (exact) mass is 302 g/mol. The first-order chi connectivity index (χ1) is 9.55. The summed E-state index contributed by atoms with van der Waals surface area (Å²) in [6.07, 6.45) is 4.84. The molecular formula is C13H22N2O4S. The number of fused-ring (bicyclic) bond motifs is 1.